The van der Waals surface area contributed by atoms with Crippen molar-refractivity contribution in [1.29, 1.82) is 0 Å². The summed E-state index contributed by atoms with van der Waals surface area (Å²) < 4.78 is 20.3. The molecule has 0 atom stereocenters. The zero-order valence-corrected chi connectivity index (χ0v) is 18.4. The lowest BCUT2D eigenvalue weighted by molar-refractivity contribution is 0.102. The Labute approximate surface area is 198 Å². The van der Waals surface area contributed by atoms with Crippen molar-refractivity contribution in [2.45, 2.75) is 6.54 Å². The van der Waals surface area contributed by atoms with Crippen LogP contribution in [0.15, 0.2) is 89.8 Å². The van der Waals surface area contributed by atoms with Crippen LogP contribution in [0, 0.1) is 5.82 Å². The number of carbonyl (C=O) groups is 1. The van der Waals surface area contributed by atoms with Crippen LogP contribution in [-0.2, 0) is 6.54 Å². The predicted molar refractivity (Wildman–Crippen MR) is 126 cm³/mol. The van der Waals surface area contributed by atoms with Gasteiger partial charge in [0, 0.05) is 34.6 Å². The molecule has 0 aliphatic heterocycles. The Balaban J connectivity index is 1.23. The highest BCUT2D eigenvalue weighted by atomic mass is 35.5. The number of imidazole rings is 1. The van der Waals surface area contributed by atoms with Crippen molar-refractivity contribution >= 4 is 23.2 Å². The molecule has 0 unspecified atom stereocenters. The minimum Gasteiger partial charge on any atom is -0.332 e. The zero-order valence-electron chi connectivity index (χ0n) is 17.7. The standard InChI is InChI=1S/C25H17ClFN5O2/c26-19-7-3-18(4-8-19)24(33)29-21-11-1-16(2-12-21)13-32-14-22(28-15-32)25-30-23(31-34-25)17-5-9-20(27)10-6-17/h1-12,14-15H,13H2,(H,29,33). The number of nitrogens with one attached hydrogen (secondary N) is 1. The van der Waals surface area contributed by atoms with E-state index in [2.05, 4.69) is 20.4 Å². The zero-order chi connectivity index (χ0) is 23.5. The first-order chi connectivity index (χ1) is 16.5. The summed E-state index contributed by atoms with van der Waals surface area (Å²) in [6.07, 6.45) is 3.48. The molecular weight excluding hydrogens is 457 g/mol. The number of aromatic nitrogens is 4. The highest BCUT2D eigenvalue weighted by Gasteiger charge is 2.13. The van der Waals surface area contributed by atoms with Gasteiger partial charge in [-0.3, -0.25) is 4.79 Å². The van der Waals surface area contributed by atoms with E-state index in [0.29, 0.717) is 39.9 Å². The van der Waals surface area contributed by atoms with Crippen molar-refractivity contribution in [2.24, 2.45) is 0 Å². The molecule has 0 fully saturated rings. The third-order valence-electron chi connectivity index (χ3n) is 5.06. The molecule has 0 saturated heterocycles. The minimum atomic E-state index is -0.330. The first-order valence-corrected chi connectivity index (χ1v) is 10.7. The number of anilines is 1. The number of carbonyl (C=O) groups excluding carboxylic acids is 1. The van der Waals surface area contributed by atoms with Crippen LogP contribution >= 0.6 is 11.6 Å². The van der Waals surface area contributed by atoms with Gasteiger partial charge in [0.15, 0.2) is 0 Å². The van der Waals surface area contributed by atoms with E-state index >= 15 is 0 Å². The van der Waals surface area contributed by atoms with Crippen LogP contribution in [0.4, 0.5) is 10.1 Å². The van der Waals surface area contributed by atoms with E-state index in [1.165, 1.54) is 12.1 Å². The van der Waals surface area contributed by atoms with Gasteiger partial charge >= 0.3 is 0 Å². The second-order valence-corrected chi connectivity index (χ2v) is 7.96. The molecule has 5 aromatic rings. The molecule has 5 rings (SSSR count). The summed E-state index contributed by atoms with van der Waals surface area (Å²) in [5.74, 6) is 0.102. The third kappa shape index (κ3) is 4.87. The maximum absolute atomic E-state index is 13.1. The van der Waals surface area contributed by atoms with Crippen LogP contribution in [-0.4, -0.2) is 25.6 Å². The van der Waals surface area contributed by atoms with Crippen molar-refractivity contribution in [1.82, 2.24) is 19.7 Å². The van der Waals surface area contributed by atoms with Crippen LogP contribution in [0.25, 0.3) is 23.0 Å². The fourth-order valence-corrected chi connectivity index (χ4v) is 3.44. The summed E-state index contributed by atoms with van der Waals surface area (Å²) >= 11 is 5.87. The number of benzene rings is 3. The molecule has 34 heavy (non-hydrogen) atoms. The van der Waals surface area contributed by atoms with Crippen LogP contribution in [0.5, 0.6) is 0 Å². The van der Waals surface area contributed by atoms with Crippen LogP contribution in [0.3, 0.4) is 0 Å². The molecule has 9 heteroatoms. The fraction of sp³-hybridized carbons (Fsp3) is 0.0400. The van der Waals surface area contributed by atoms with Crippen LogP contribution in [0.2, 0.25) is 5.02 Å². The van der Waals surface area contributed by atoms with Crippen molar-refractivity contribution in [2.75, 3.05) is 5.32 Å². The summed E-state index contributed by atoms with van der Waals surface area (Å²) in [7, 11) is 0. The number of halogens is 2. The normalized spacial score (nSPS) is 10.9. The maximum Gasteiger partial charge on any atom is 0.278 e. The summed E-state index contributed by atoms with van der Waals surface area (Å²) in [6, 6.07) is 20.1. The van der Waals surface area contributed by atoms with E-state index in [1.54, 1.807) is 48.9 Å². The molecule has 2 aromatic heterocycles. The van der Waals surface area contributed by atoms with E-state index in [-0.39, 0.29) is 17.6 Å². The molecule has 0 saturated carbocycles. The van der Waals surface area contributed by atoms with E-state index in [1.807, 2.05) is 28.8 Å². The average Bonchev–Trinajstić information content (AvgIpc) is 3.51. The molecule has 1 N–H and O–H groups in total. The number of hydrogen-bond acceptors (Lipinski definition) is 5. The number of rotatable bonds is 6. The third-order valence-corrected chi connectivity index (χ3v) is 5.32. The van der Waals surface area contributed by atoms with E-state index in [9.17, 15) is 9.18 Å². The molecular formula is C25H17ClFN5O2. The van der Waals surface area contributed by atoms with E-state index in [0.717, 1.165) is 5.56 Å². The Hall–Kier alpha value is -4.30. The molecule has 3 aromatic carbocycles. The predicted octanol–water partition coefficient (Wildman–Crippen LogP) is 5.69. The number of amides is 1. The molecule has 0 radical (unpaired) electrons. The Morgan fingerprint density at radius 2 is 1.74 bits per heavy atom. The molecule has 0 bridgehead atoms. The molecule has 168 valence electrons. The molecule has 0 aliphatic carbocycles. The molecule has 1 amide bonds. The Bertz CT molecular complexity index is 1430. The van der Waals surface area contributed by atoms with Crippen molar-refractivity contribution in [3.8, 4) is 23.0 Å². The topological polar surface area (TPSA) is 85.8 Å². The fourth-order valence-electron chi connectivity index (χ4n) is 3.31. The largest absolute Gasteiger partial charge is 0.332 e. The van der Waals surface area contributed by atoms with Crippen molar-refractivity contribution in [3.63, 3.8) is 0 Å². The van der Waals surface area contributed by atoms with Gasteiger partial charge in [0.1, 0.15) is 11.5 Å². The number of nitrogens with zero attached hydrogens (tertiary/aromatic N) is 4. The summed E-state index contributed by atoms with van der Waals surface area (Å²) in [4.78, 5) is 21.0. The highest BCUT2D eigenvalue weighted by Crippen LogP contribution is 2.22. The Kier molecular flexibility index (Phi) is 5.88. The molecule has 7 nitrogen and oxygen atoms in total. The second-order valence-electron chi connectivity index (χ2n) is 7.52. The first-order valence-electron chi connectivity index (χ1n) is 10.3. The molecule has 0 spiro atoms. The molecule has 2 heterocycles. The van der Waals surface area contributed by atoms with Crippen LogP contribution < -0.4 is 5.32 Å². The average molecular weight is 474 g/mol. The van der Waals surface area contributed by atoms with E-state index < -0.39 is 0 Å². The lowest BCUT2D eigenvalue weighted by Gasteiger charge is -2.07. The molecule has 0 aliphatic rings. The van der Waals surface area contributed by atoms with Gasteiger partial charge < -0.3 is 14.4 Å². The lowest BCUT2D eigenvalue weighted by atomic mass is 10.2. The van der Waals surface area contributed by atoms with Gasteiger partial charge in [-0.1, -0.05) is 28.9 Å². The second kappa shape index (κ2) is 9.29. The smallest absolute Gasteiger partial charge is 0.278 e. The van der Waals surface area contributed by atoms with Crippen molar-refractivity contribution in [3.05, 3.63) is 107 Å². The summed E-state index contributed by atoms with van der Waals surface area (Å²) in [6.45, 7) is 0.567. The quantitative estimate of drug-likeness (QED) is 0.342. The van der Waals surface area contributed by atoms with Gasteiger partial charge in [-0.2, -0.15) is 4.98 Å². The maximum atomic E-state index is 13.1. The lowest BCUT2D eigenvalue weighted by Crippen LogP contribution is -2.11. The summed E-state index contributed by atoms with van der Waals surface area (Å²) in [5, 5.41) is 7.39. The first kappa shape index (κ1) is 21.5. The number of hydrogen-bond donors (Lipinski definition) is 1. The Morgan fingerprint density at radius 1 is 1.00 bits per heavy atom. The van der Waals surface area contributed by atoms with Crippen LogP contribution in [0.1, 0.15) is 15.9 Å². The van der Waals surface area contributed by atoms with Gasteiger partial charge in [0.2, 0.25) is 5.82 Å². The Morgan fingerprint density at radius 3 is 2.47 bits per heavy atom. The minimum absolute atomic E-state index is 0.205. The van der Waals surface area contributed by atoms with Gasteiger partial charge in [0.05, 0.1) is 6.33 Å². The SMILES string of the molecule is O=C(Nc1ccc(Cn2cnc(-c3nc(-c4ccc(F)cc4)no3)c2)cc1)c1ccc(Cl)cc1. The monoisotopic (exact) mass is 473 g/mol. The van der Waals surface area contributed by atoms with Gasteiger partial charge in [0.25, 0.3) is 11.8 Å². The summed E-state index contributed by atoms with van der Waals surface area (Å²) in [5.41, 5.74) is 3.43. The van der Waals surface area contributed by atoms with E-state index in [4.69, 9.17) is 16.1 Å². The van der Waals surface area contributed by atoms with Gasteiger partial charge in [-0.05, 0) is 66.2 Å². The highest BCUT2D eigenvalue weighted by molar-refractivity contribution is 6.30. The van der Waals surface area contributed by atoms with Gasteiger partial charge in [-0.15, -0.1) is 0 Å². The van der Waals surface area contributed by atoms with Crippen molar-refractivity contribution < 1.29 is 13.7 Å². The van der Waals surface area contributed by atoms with Gasteiger partial charge in [-0.25, -0.2) is 9.37 Å².